The maximum Gasteiger partial charge on any atom is 0.303 e. The number of aliphatic hydroxyl groups excluding tert-OH is 2. The summed E-state index contributed by atoms with van der Waals surface area (Å²) in [7, 11) is 0. The van der Waals surface area contributed by atoms with Gasteiger partial charge in [0, 0.05) is 52.8 Å². The van der Waals surface area contributed by atoms with Gasteiger partial charge in [0.1, 0.15) is 0 Å². The number of aliphatic hydroxyl groups is 2. The fraction of sp³-hybridized carbons (Fsp3) is 0.394. The second kappa shape index (κ2) is 9.80. The molecule has 5 heterocycles. The van der Waals surface area contributed by atoms with Gasteiger partial charge in [-0.3, -0.25) is 4.79 Å². The number of allylic oxidation sites excluding steroid dienone is 11. The minimum atomic E-state index is -0.834. The van der Waals surface area contributed by atoms with Gasteiger partial charge < -0.3 is 20.6 Å². The molecule has 8 nitrogen and oxygen atoms in total. The molecule has 0 radical (unpaired) electrons. The van der Waals surface area contributed by atoms with E-state index in [0.717, 1.165) is 79.8 Å². The molecule has 0 aromatic rings. The molecule has 8 bridgehead atoms. The third-order valence-corrected chi connectivity index (χ3v) is 9.23. The summed E-state index contributed by atoms with van der Waals surface area (Å²) in [4.78, 5) is 26.6. The van der Waals surface area contributed by atoms with Crippen LogP contribution in [0.1, 0.15) is 67.2 Å². The quantitative estimate of drug-likeness (QED) is 0.323. The third kappa shape index (κ3) is 4.23. The highest BCUT2D eigenvalue weighted by Gasteiger charge is 2.43. The number of nitrogens with one attached hydrogen (secondary N) is 1. The van der Waals surface area contributed by atoms with Gasteiger partial charge in [-0.1, -0.05) is 13.8 Å². The van der Waals surface area contributed by atoms with Gasteiger partial charge in [-0.05, 0) is 81.1 Å². The maximum atomic E-state index is 11.6. The number of hydrogen-bond donors (Lipinski definition) is 4. The van der Waals surface area contributed by atoms with Crippen LogP contribution < -0.4 is 5.32 Å². The number of carbonyl (C=O) groups is 1. The van der Waals surface area contributed by atoms with Crippen LogP contribution in [0.3, 0.4) is 0 Å². The van der Waals surface area contributed by atoms with E-state index in [1.807, 2.05) is 32.1 Å². The highest BCUT2D eigenvalue weighted by atomic mass is 16.4. The van der Waals surface area contributed by atoms with Crippen LogP contribution in [0.15, 0.2) is 106 Å². The molecule has 6 rings (SSSR count). The fourth-order valence-electron chi connectivity index (χ4n) is 6.99. The average Bonchev–Trinajstić information content (AvgIpc) is 3.65. The molecule has 0 aromatic carbocycles. The highest BCUT2D eigenvalue weighted by molar-refractivity contribution is 6.21. The Labute approximate surface area is 240 Å². The number of carboxylic acid groups (broad SMARTS) is 1. The zero-order valence-electron chi connectivity index (χ0n) is 24.4. The second-order valence-corrected chi connectivity index (χ2v) is 11.6. The van der Waals surface area contributed by atoms with E-state index in [9.17, 15) is 20.1 Å². The van der Waals surface area contributed by atoms with Crippen LogP contribution in [0.2, 0.25) is 0 Å². The molecule has 1 saturated heterocycles. The lowest BCUT2D eigenvalue weighted by atomic mass is 9.86. The van der Waals surface area contributed by atoms with Crippen molar-refractivity contribution in [3.8, 4) is 0 Å². The smallest absolute Gasteiger partial charge is 0.303 e. The van der Waals surface area contributed by atoms with Gasteiger partial charge in [0.2, 0.25) is 0 Å². The van der Waals surface area contributed by atoms with Crippen LogP contribution in [0.25, 0.3) is 0 Å². The number of fused-ring (bicyclic) bond motifs is 5. The Hall–Kier alpha value is -4.04. The van der Waals surface area contributed by atoms with Gasteiger partial charge >= 0.3 is 5.97 Å². The molecule has 1 aliphatic carbocycles. The number of hydrogen-bond acceptors (Lipinski definition) is 7. The first-order chi connectivity index (χ1) is 19.5. The Kier molecular flexibility index (Phi) is 6.49. The van der Waals surface area contributed by atoms with Crippen molar-refractivity contribution in [1.82, 2.24) is 5.32 Å². The van der Waals surface area contributed by atoms with Crippen LogP contribution in [-0.2, 0) is 4.79 Å². The molecule has 0 amide bonds. The topological polar surface area (TPSA) is 127 Å². The normalized spacial score (nSPS) is 28.1. The van der Waals surface area contributed by atoms with Crippen molar-refractivity contribution >= 4 is 23.1 Å². The first kappa shape index (κ1) is 27.1. The highest BCUT2D eigenvalue weighted by Crippen LogP contribution is 2.46. The number of rotatable bonds is 4. The van der Waals surface area contributed by atoms with Gasteiger partial charge in [-0.15, -0.1) is 0 Å². The molecule has 212 valence electrons. The van der Waals surface area contributed by atoms with E-state index >= 15 is 0 Å². The van der Waals surface area contributed by atoms with Gasteiger partial charge in [-0.25, -0.2) is 15.0 Å². The van der Waals surface area contributed by atoms with Crippen LogP contribution in [0.5, 0.6) is 0 Å². The summed E-state index contributed by atoms with van der Waals surface area (Å²) in [5.41, 5.74) is 13.0. The Morgan fingerprint density at radius 2 is 1.71 bits per heavy atom. The van der Waals surface area contributed by atoms with Crippen LogP contribution in [0, 0.1) is 11.8 Å². The van der Waals surface area contributed by atoms with Crippen molar-refractivity contribution in [2.45, 2.75) is 73.3 Å². The summed E-state index contributed by atoms with van der Waals surface area (Å²) in [5.74, 6) is -0.721. The molecule has 3 atom stereocenters. The summed E-state index contributed by atoms with van der Waals surface area (Å²) in [6.07, 6.45) is 7.02. The largest absolute Gasteiger partial charge is 0.512 e. The first-order valence-corrected chi connectivity index (χ1v) is 14.3. The van der Waals surface area contributed by atoms with Crippen molar-refractivity contribution in [1.29, 1.82) is 0 Å². The van der Waals surface area contributed by atoms with Crippen LogP contribution in [0.4, 0.5) is 0 Å². The fourth-order valence-corrected chi connectivity index (χ4v) is 6.99. The number of aliphatic imine (C=N–C) groups is 3. The van der Waals surface area contributed by atoms with E-state index in [-0.39, 0.29) is 24.0 Å². The van der Waals surface area contributed by atoms with E-state index in [0.29, 0.717) is 24.1 Å². The number of carboxylic acids is 1. The summed E-state index contributed by atoms with van der Waals surface area (Å²) >= 11 is 0. The lowest BCUT2D eigenvalue weighted by Crippen LogP contribution is -2.14. The van der Waals surface area contributed by atoms with E-state index in [1.165, 1.54) is 0 Å². The molecular formula is C33H36N4O4. The van der Waals surface area contributed by atoms with E-state index in [2.05, 4.69) is 26.1 Å². The Morgan fingerprint density at radius 3 is 2.39 bits per heavy atom. The average molecular weight is 553 g/mol. The van der Waals surface area contributed by atoms with Crippen LogP contribution >= 0.6 is 0 Å². The molecule has 2 fully saturated rings. The summed E-state index contributed by atoms with van der Waals surface area (Å²) < 4.78 is 0. The lowest BCUT2D eigenvalue weighted by molar-refractivity contribution is -0.137. The third-order valence-electron chi connectivity index (χ3n) is 9.23. The minimum Gasteiger partial charge on any atom is -0.512 e. The molecule has 1 saturated carbocycles. The summed E-state index contributed by atoms with van der Waals surface area (Å²) in [5, 5.41) is 35.0. The monoisotopic (exact) mass is 552 g/mol. The molecule has 1 unspecified atom stereocenters. The van der Waals surface area contributed by atoms with E-state index < -0.39 is 12.1 Å². The molecule has 8 heteroatoms. The second-order valence-electron chi connectivity index (χ2n) is 11.6. The molecular weight excluding hydrogens is 516 g/mol. The van der Waals surface area contributed by atoms with Gasteiger partial charge in [-0.2, -0.15) is 0 Å². The van der Waals surface area contributed by atoms with Gasteiger partial charge in [0.05, 0.1) is 46.1 Å². The van der Waals surface area contributed by atoms with Crippen molar-refractivity contribution in [2.24, 2.45) is 26.8 Å². The number of nitrogens with zero attached hydrogens (tertiary/aromatic N) is 3. The van der Waals surface area contributed by atoms with Crippen molar-refractivity contribution in [3.63, 3.8) is 0 Å². The lowest BCUT2D eigenvalue weighted by Gasteiger charge is -2.16. The zero-order valence-corrected chi connectivity index (χ0v) is 24.4. The predicted octanol–water partition coefficient (Wildman–Crippen LogP) is 5.90. The Bertz CT molecular complexity index is 1660. The summed E-state index contributed by atoms with van der Waals surface area (Å²) in [6, 6.07) is 0. The molecule has 0 aromatic heterocycles. The summed E-state index contributed by atoms with van der Waals surface area (Å²) in [6.45, 7) is 11.9. The molecule has 6 aliphatic rings. The van der Waals surface area contributed by atoms with Crippen molar-refractivity contribution < 1.29 is 20.1 Å². The molecule has 0 spiro atoms. The van der Waals surface area contributed by atoms with Crippen molar-refractivity contribution in [3.05, 3.63) is 91.5 Å². The van der Waals surface area contributed by atoms with Gasteiger partial charge in [0.25, 0.3) is 0 Å². The molecule has 5 aliphatic heterocycles. The predicted molar refractivity (Wildman–Crippen MR) is 161 cm³/mol. The maximum absolute atomic E-state index is 11.6. The SMILES string of the molecule is CCC1=C(C)C2=CC3=NC(=C(C)/C3=C(/C)O)C=C3NC(=C4CC(O)C5=C(C)C(=CC1=N2)N=C45)[C@@H](CCC(=O)O)[C@@H]3C. The van der Waals surface area contributed by atoms with Crippen molar-refractivity contribution in [2.75, 3.05) is 0 Å². The van der Waals surface area contributed by atoms with E-state index in [1.54, 1.807) is 6.92 Å². The first-order valence-electron chi connectivity index (χ1n) is 14.3. The number of aliphatic carboxylic acids is 1. The van der Waals surface area contributed by atoms with Crippen LogP contribution in [-0.4, -0.2) is 44.5 Å². The molecule has 4 N–H and O–H groups in total. The Balaban J connectivity index is 1.63. The zero-order chi connectivity index (χ0) is 29.3. The standard InChI is InChI=1S/C33H36N4O4/c1-7-19-14(2)22-13-27-30(18(6)38)16(4)24(35-27)11-23-15(3)20(8-9-29(40)41)32(36-23)21-10-28(39)31-17(5)25(37-33(21)31)12-26(19)34-22/h11-13,15,20,28,36,38-39H,7-10H2,1-6H3,(H,40,41)/b22-13?,23-11?,25-12?,30-18+,32-21?/t15-,20-,28?/m0/s1. The van der Waals surface area contributed by atoms with E-state index in [4.69, 9.17) is 15.0 Å². The minimum absolute atomic E-state index is 0.00441. The van der Waals surface area contributed by atoms with Gasteiger partial charge in [0.15, 0.2) is 0 Å². The molecule has 41 heavy (non-hydrogen) atoms. The Morgan fingerprint density at radius 1 is 1.00 bits per heavy atom.